The lowest BCUT2D eigenvalue weighted by Crippen LogP contribution is -2.26. The lowest BCUT2D eigenvalue weighted by molar-refractivity contribution is -0.0530. The van der Waals surface area contributed by atoms with Gasteiger partial charge >= 0.3 is 15.6 Å². The van der Waals surface area contributed by atoms with Crippen LogP contribution in [0.25, 0.3) is 0 Å². The number of rotatable bonds is 4. The van der Waals surface area contributed by atoms with Gasteiger partial charge in [-0.1, -0.05) is 54.1 Å². The topological polar surface area (TPSA) is 52.6 Å². The first-order chi connectivity index (χ1) is 13.6. The SMILES string of the molecule is C/C(OS(=O)(=O)C(F)(F)F)=C1/CCC(c2ccccc2)OC1c1ccc(Cl)cc1. The van der Waals surface area contributed by atoms with Crippen molar-refractivity contribution in [3.8, 4) is 0 Å². The zero-order valence-corrected chi connectivity index (χ0v) is 16.9. The lowest BCUT2D eigenvalue weighted by Gasteiger charge is -2.34. The summed E-state index contributed by atoms with van der Waals surface area (Å²) in [4.78, 5) is 0. The standard InChI is InChI=1S/C20H18ClF3O4S/c1-13(28-29(25,26)20(22,23)24)17-11-12-18(14-5-3-2-4-6-14)27-19(17)15-7-9-16(21)10-8-15/h2-10,18-19H,11-12H2,1H3/b17-13+. The fourth-order valence-electron chi connectivity index (χ4n) is 3.19. The zero-order chi connectivity index (χ0) is 21.2. The maximum absolute atomic E-state index is 12.7. The maximum atomic E-state index is 12.7. The van der Waals surface area contributed by atoms with Crippen molar-refractivity contribution in [2.45, 2.75) is 37.5 Å². The smallest absolute Gasteiger partial charge is 0.381 e. The highest BCUT2D eigenvalue weighted by Crippen LogP contribution is 2.44. The number of benzene rings is 2. The Morgan fingerprint density at radius 1 is 1.07 bits per heavy atom. The van der Waals surface area contributed by atoms with E-state index in [1.54, 1.807) is 24.3 Å². The summed E-state index contributed by atoms with van der Waals surface area (Å²) in [6.45, 7) is 1.20. The molecule has 1 fully saturated rings. The molecule has 2 aromatic carbocycles. The van der Waals surface area contributed by atoms with E-state index in [2.05, 4.69) is 4.18 Å². The molecular weight excluding hydrogens is 429 g/mol. The minimum atomic E-state index is -5.76. The number of hydrogen-bond acceptors (Lipinski definition) is 4. The molecule has 9 heteroatoms. The maximum Gasteiger partial charge on any atom is 0.534 e. The number of allylic oxidation sites excluding steroid dienone is 1. The second kappa shape index (κ2) is 8.38. The fraction of sp³-hybridized carbons (Fsp3) is 0.300. The second-order valence-corrected chi connectivity index (χ2v) is 8.54. The molecular formula is C20H18ClF3O4S. The van der Waals surface area contributed by atoms with Crippen molar-refractivity contribution in [3.05, 3.63) is 82.1 Å². The molecule has 0 radical (unpaired) electrons. The Kier molecular flexibility index (Phi) is 6.26. The first-order valence-corrected chi connectivity index (χ1v) is 10.5. The molecule has 1 heterocycles. The number of alkyl halides is 3. The third-order valence-corrected chi connectivity index (χ3v) is 5.90. The van der Waals surface area contributed by atoms with Crippen LogP contribution in [0.5, 0.6) is 0 Å². The van der Waals surface area contributed by atoms with Gasteiger partial charge in [0.25, 0.3) is 0 Å². The van der Waals surface area contributed by atoms with Crippen molar-refractivity contribution in [1.82, 2.24) is 0 Å². The van der Waals surface area contributed by atoms with Crippen LogP contribution in [0.1, 0.15) is 43.1 Å². The lowest BCUT2D eigenvalue weighted by atomic mass is 9.90. The zero-order valence-electron chi connectivity index (χ0n) is 15.3. The largest absolute Gasteiger partial charge is 0.534 e. The van der Waals surface area contributed by atoms with Crippen molar-refractivity contribution in [1.29, 1.82) is 0 Å². The molecule has 0 spiro atoms. The normalized spacial score (nSPS) is 22.2. The molecule has 1 aliphatic rings. The summed E-state index contributed by atoms with van der Waals surface area (Å²) in [5, 5.41) is 0.488. The van der Waals surface area contributed by atoms with E-state index in [0.29, 0.717) is 29.0 Å². The average Bonchev–Trinajstić information content (AvgIpc) is 2.67. The van der Waals surface area contributed by atoms with Gasteiger partial charge in [-0.3, -0.25) is 0 Å². The van der Waals surface area contributed by atoms with Crippen LogP contribution in [-0.2, 0) is 19.0 Å². The van der Waals surface area contributed by atoms with E-state index >= 15 is 0 Å². The molecule has 2 unspecified atom stereocenters. The Bertz CT molecular complexity index is 987. The summed E-state index contributed by atoms with van der Waals surface area (Å²) < 4.78 is 71.6. The molecule has 0 amide bonds. The first-order valence-electron chi connectivity index (χ1n) is 8.75. The highest BCUT2D eigenvalue weighted by Gasteiger charge is 2.49. The van der Waals surface area contributed by atoms with Crippen LogP contribution < -0.4 is 0 Å². The highest BCUT2D eigenvalue weighted by molar-refractivity contribution is 7.87. The van der Waals surface area contributed by atoms with Gasteiger partial charge in [-0.2, -0.15) is 21.6 Å². The van der Waals surface area contributed by atoms with E-state index in [-0.39, 0.29) is 11.9 Å². The number of ether oxygens (including phenoxy) is 1. The van der Waals surface area contributed by atoms with Crippen molar-refractivity contribution >= 4 is 21.7 Å². The van der Waals surface area contributed by atoms with Crippen molar-refractivity contribution in [3.63, 3.8) is 0 Å². The van der Waals surface area contributed by atoms with Crippen LogP contribution >= 0.6 is 11.6 Å². The minimum Gasteiger partial charge on any atom is -0.381 e. The Labute approximate surface area is 172 Å². The molecule has 4 nitrogen and oxygen atoms in total. The third-order valence-electron chi connectivity index (χ3n) is 4.61. The number of halogens is 4. The summed E-state index contributed by atoms with van der Waals surface area (Å²) in [7, 11) is -5.76. The summed E-state index contributed by atoms with van der Waals surface area (Å²) in [5.74, 6) is -0.339. The van der Waals surface area contributed by atoms with Gasteiger partial charge in [0, 0.05) is 10.6 Å². The molecule has 3 rings (SSSR count). The van der Waals surface area contributed by atoms with E-state index in [4.69, 9.17) is 16.3 Å². The number of hydrogen-bond donors (Lipinski definition) is 0. The molecule has 2 aromatic rings. The molecule has 29 heavy (non-hydrogen) atoms. The summed E-state index contributed by atoms with van der Waals surface area (Å²) in [6, 6.07) is 16.0. The van der Waals surface area contributed by atoms with Gasteiger partial charge in [0.2, 0.25) is 0 Å². The summed E-state index contributed by atoms with van der Waals surface area (Å²) in [5.41, 5.74) is -3.61. The van der Waals surface area contributed by atoms with Gasteiger partial charge in [-0.15, -0.1) is 0 Å². The molecule has 0 bridgehead atoms. The monoisotopic (exact) mass is 446 g/mol. The van der Waals surface area contributed by atoms with Gasteiger partial charge in [-0.25, -0.2) is 0 Å². The molecule has 0 aromatic heterocycles. The molecule has 0 saturated carbocycles. The molecule has 0 aliphatic carbocycles. The Morgan fingerprint density at radius 3 is 2.28 bits per heavy atom. The fourth-order valence-corrected chi connectivity index (χ4v) is 3.84. The van der Waals surface area contributed by atoms with Crippen molar-refractivity contribution < 1.29 is 30.5 Å². The first kappa shape index (κ1) is 21.7. The molecule has 1 aliphatic heterocycles. The van der Waals surface area contributed by atoms with E-state index in [1.807, 2.05) is 30.3 Å². The summed E-state index contributed by atoms with van der Waals surface area (Å²) in [6.07, 6.45) is -0.287. The van der Waals surface area contributed by atoms with Gasteiger partial charge in [0.1, 0.15) is 11.9 Å². The van der Waals surface area contributed by atoms with E-state index in [9.17, 15) is 21.6 Å². The van der Waals surface area contributed by atoms with Gasteiger partial charge in [-0.05, 0) is 43.0 Å². The van der Waals surface area contributed by atoms with Gasteiger partial charge in [0.15, 0.2) is 0 Å². The van der Waals surface area contributed by atoms with Crippen LogP contribution in [-0.4, -0.2) is 13.9 Å². The Morgan fingerprint density at radius 2 is 1.69 bits per heavy atom. The molecule has 1 saturated heterocycles. The molecule has 156 valence electrons. The predicted molar refractivity (Wildman–Crippen MR) is 102 cm³/mol. The van der Waals surface area contributed by atoms with Crippen LogP contribution in [0, 0.1) is 0 Å². The van der Waals surface area contributed by atoms with Gasteiger partial charge in [0.05, 0.1) is 6.10 Å². The quantitative estimate of drug-likeness (QED) is 0.325. The van der Waals surface area contributed by atoms with Crippen molar-refractivity contribution in [2.24, 2.45) is 0 Å². The highest BCUT2D eigenvalue weighted by atomic mass is 35.5. The van der Waals surface area contributed by atoms with Gasteiger partial charge < -0.3 is 8.92 Å². The average molecular weight is 447 g/mol. The third kappa shape index (κ3) is 4.94. The Balaban J connectivity index is 1.98. The van der Waals surface area contributed by atoms with E-state index in [0.717, 1.165) is 5.56 Å². The van der Waals surface area contributed by atoms with E-state index < -0.39 is 21.7 Å². The minimum absolute atomic E-state index is 0.298. The van der Waals surface area contributed by atoms with E-state index in [1.165, 1.54) is 6.92 Å². The molecule has 2 atom stereocenters. The van der Waals surface area contributed by atoms with Crippen LogP contribution in [0.4, 0.5) is 13.2 Å². The molecule has 0 N–H and O–H groups in total. The predicted octanol–water partition coefficient (Wildman–Crippen LogP) is 6.07. The van der Waals surface area contributed by atoms with Crippen molar-refractivity contribution in [2.75, 3.05) is 0 Å². The second-order valence-electron chi connectivity index (χ2n) is 6.57. The van der Waals surface area contributed by atoms with Crippen LogP contribution in [0.2, 0.25) is 5.02 Å². The summed E-state index contributed by atoms with van der Waals surface area (Å²) >= 11 is 5.93. The van der Waals surface area contributed by atoms with Crippen LogP contribution in [0.3, 0.4) is 0 Å². The van der Waals surface area contributed by atoms with Crippen LogP contribution in [0.15, 0.2) is 65.9 Å². The Hall–Kier alpha value is -2.03.